The molecule has 1 aromatic heterocycles. The van der Waals surface area contributed by atoms with E-state index in [2.05, 4.69) is 15.5 Å². The first-order valence-corrected chi connectivity index (χ1v) is 6.52. The minimum absolute atomic E-state index is 0.0522. The van der Waals surface area contributed by atoms with E-state index in [4.69, 9.17) is 4.74 Å². The molecule has 0 spiro atoms. The number of nitrogens with zero attached hydrogens (tertiary/aromatic N) is 4. The van der Waals surface area contributed by atoms with Gasteiger partial charge in [0.1, 0.15) is 24.5 Å². The van der Waals surface area contributed by atoms with Gasteiger partial charge in [0, 0.05) is 25.7 Å². The highest BCUT2D eigenvalue weighted by atomic mass is 16.6. The molecule has 1 aromatic carbocycles. The zero-order chi connectivity index (χ0) is 15.2. The number of nitro benzene ring substituents is 1. The average molecular weight is 291 g/mol. The molecule has 0 radical (unpaired) electrons. The van der Waals surface area contributed by atoms with Crippen molar-refractivity contribution in [3.05, 3.63) is 46.5 Å². The lowest BCUT2D eigenvalue weighted by molar-refractivity contribution is -0.384. The number of rotatable bonds is 7. The van der Waals surface area contributed by atoms with Crippen LogP contribution in [0.25, 0.3) is 0 Å². The predicted molar refractivity (Wildman–Crippen MR) is 76.0 cm³/mol. The highest BCUT2D eigenvalue weighted by molar-refractivity contribution is 5.35. The van der Waals surface area contributed by atoms with Crippen molar-refractivity contribution in [3.8, 4) is 5.75 Å². The van der Waals surface area contributed by atoms with Crippen LogP contribution in [0.2, 0.25) is 0 Å². The molecule has 1 atom stereocenters. The molecule has 112 valence electrons. The standard InChI is InChI=1S/C13H17N5O3/c1-10(13-16-15-9-17(13)2)14-7-8-21-12-5-3-11(4-6-12)18(19)20/h3-6,9-10,14H,7-8H2,1-2H3. The molecule has 2 rings (SSSR count). The number of aromatic nitrogens is 3. The number of hydrogen-bond donors (Lipinski definition) is 1. The van der Waals surface area contributed by atoms with Crippen molar-refractivity contribution in [2.75, 3.05) is 13.2 Å². The number of nitro groups is 1. The summed E-state index contributed by atoms with van der Waals surface area (Å²) in [6.45, 7) is 3.08. The molecule has 2 aromatic rings. The molecule has 0 aliphatic carbocycles. The van der Waals surface area contributed by atoms with Crippen molar-refractivity contribution in [1.29, 1.82) is 0 Å². The molecule has 8 nitrogen and oxygen atoms in total. The Morgan fingerprint density at radius 1 is 1.43 bits per heavy atom. The first kappa shape index (κ1) is 14.9. The Bertz CT molecular complexity index is 596. The Morgan fingerprint density at radius 2 is 2.14 bits per heavy atom. The SMILES string of the molecule is CC(NCCOc1ccc([N+](=O)[O-])cc1)c1nncn1C. The van der Waals surface area contributed by atoms with E-state index >= 15 is 0 Å². The third kappa shape index (κ3) is 3.99. The van der Waals surface area contributed by atoms with Crippen molar-refractivity contribution < 1.29 is 9.66 Å². The lowest BCUT2D eigenvalue weighted by atomic mass is 10.3. The molecule has 0 amide bonds. The first-order chi connectivity index (χ1) is 10.1. The topological polar surface area (TPSA) is 95.1 Å². The second-order valence-corrected chi connectivity index (χ2v) is 4.58. The molecule has 1 heterocycles. The minimum Gasteiger partial charge on any atom is -0.492 e. The quantitative estimate of drug-likeness (QED) is 0.471. The van der Waals surface area contributed by atoms with Gasteiger partial charge in [-0.2, -0.15) is 0 Å². The van der Waals surface area contributed by atoms with E-state index in [1.165, 1.54) is 12.1 Å². The molecular weight excluding hydrogens is 274 g/mol. The van der Waals surface area contributed by atoms with Gasteiger partial charge in [0.2, 0.25) is 0 Å². The molecule has 1 unspecified atom stereocenters. The van der Waals surface area contributed by atoms with Crippen LogP contribution in [0.5, 0.6) is 5.75 Å². The summed E-state index contributed by atoms with van der Waals surface area (Å²) in [6, 6.07) is 6.09. The van der Waals surface area contributed by atoms with Gasteiger partial charge in [-0.25, -0.2) is 0 Å². The van der Waals surface area contributed by atoms with E-state index < -0.39 is 4.92 Å². The molecular formula is C13H17N5O3. The maximum atomic E-state index is 10.5. The van der Waals surface area contributed by atoms with Crippen molar-refractivity contribution in [1.82, 2.24) is 20.1 Å². The summed E-state index contributed by atoms with van der Waals surface area (Å²) in [4.78, 5) is 10.1. The number of aryl methyl sites for hydroxylation is 1. The lowest BCUT2D eigenvalue weighted by Crippen LogP contribution is -2.26. The smallest absolute Gasteiger partial charge is 0.269 e. The van der Waals surface area contributed by atoms with E-state index in [0.717, 1.165) is 5.82 Å². The van der Waals surface area contributed by atoms with Gasteiger partial charge in [0.25, 0.3) is 5.69 Å². The normalized spacial score (nSPS) is 12.1. The van der Waals surface area contributed by atoms with Crippen LogP contribution in [0.3, 0.4) is 0 Å². The molecule has 21 heavy (non-hydrogen) atoms. The summed E-state index contributed by atoms with van der Waals surface area (Å²) in [5.41, 5.74) is 0.0522. The predicted octanol–water partition coefficient (Wildman–Crippen LogP) is 1.45. The van der Waals surface area contributed by atoms with Crippen molar-refractivity contribution in [2.45, 2.75) is 13.0 Å². The third-order valence-corrected chi connectivity index (χ3v) is 3.00. The second-order valence-electron chi connectivity index (χ2n) is 4.58. The fraction of sp³-hybridized carbons (Fsp3) is 0.385. The summed E-state index contributed by atoms with van der Waals surface area (Å²) in [5.74, 6) is 1.46. The Hall–Kier alpha value is -2.48. The van der Waals surface area contributed by atoms with Crippen LogP contribution < -0.4 is 10.1 Å². The fourth-order valence-corrected chi connectivity index (χ4v) is 1.88. The van der Waals surface area contributed by atoms with Crippen molar-refractivity contribution >= 4 is 5.69 Å². The van der Waals surface area contributed by atoms with Crippen LogP contribution >= 0.6 is 0 Å². The molecule has 0 bridgehead atoms. The van der Waals surface area contributed by atoms with Gasteiger partial charge in [-0.05, 0) is 19.1 Å². The zero-order valence-corrected chi connectivity index (χ0v) is 11.9. The number of ether oxygens (including phenoxy) is 1. The van der Waals surface area contributed by atoms with Gasteiger partial charge in [-0.1, -0.05) is 0 Å². The Morgan fingerprint density at radius 3 is 2.71 bits per heavy atom. The summed E-state index contributed by atoms with van der Waals surface area (Å²) < 4.78 is 7.37. The monoisotopic (exact) mass is 291 g/mol. The van der Waals surface area contributed by atoms with E-state index in [1.807, 2.05) is 18.5 Å². The fourth-order valence-electron chi connectivity index (χ4n) is 1.88. The van der Waals surface area contributed by atoms with E-state index in [9.17, 15) is 10.1 Å². The maximum absolute atomic E-state index is 10.5. The van der Waals surface area contributed by atoms with Crippen LogP contribution in [-0.4, -0.2) is 32.8 Å². The summed E-state index contributed by atoms with van der Waals surface area (Å²) >= 11 is 0. The van der Waals surface area contributed by atoms with Gasteiger partial charge in [-0.15, -0.1) is 10.2 Å². The van der Waals surface area contributed by atoms with E-state index in [1.54, 1.807) is 18.5 Å². The number of benzene rings is 1. The molecule has 1 N–H and O–H groups in total. The van der Waals surface area contributed by atoms with E-state index in [0.29, 0.717) is 18.9 Å². The number of hydrogen-bond acceptors (Lipinski definition) is 6. The molecule has 0 fully saturated rings. The van der Waals surface area contributed by atoms with Crippen LogP contribution in [0, 0.1) is 10.1 Å². The first-order valence-electron chi connectivity index (χ1n) is 6.52. The molecule has 0 saturated carbocycles. The lowest BCUT2D eigenvalue weighted by Gasteiger charge is -2.13. The van der Waals surface area contributed by atoms with Gasteiger partial charge in [0.15, 0.2) is 0 Å². The van der Waals surface area contributed by atoms with Crippen LogP contribution in [0.4, 0.5) is 5.69 Å². The highest BCUT2D eigenvalue weighted by Gasteiger charge is 2.10. The van der Waals surface area contributed by atoms with Gasteiger partial charge in [0.05, 0.1) is 11.0 Å². The number of nitrogens with one attached hydrogen (secondary N) is 1. The molecule has 0 saturated heterocycles. The van der Waals surface area contributed by atoms with Crippen molar-refractivity contribution in [2.24, 2.45) is 7.05 Å². The van der Waals surface area contributed by atoms with E-state index in [-0.39, 0.29) is 11.7 Å². The number of non-ortho nitro benzene ring substituents is 1. The average Bonchev–Trinajstić information content (AvgIpc) is 2.90. The zero-order valence-electron chi connectivity index (χ0n) is 11.9. The maximum Gasteiger partial charge on any atom is 0.269 e. The largest absolute Gasteiger partial charge is 0.492 e. The summed E-state index contributed by atoms with van der Waals surface area (Å²) in [5, 5.41) is 21.7. The third-order valence-electron chi connectivity index (χ3n) is 3.00. The van der Waals surface area contributed by atoms with Crippen LogP contribution in [-0.2, 0) is 7.05 Å². The van der Waals surface area contributed by atoms with Gasteiger partial charge >= 0.3 is 0 Å². The highest BCUT2D eigenvalue weighted by Crippen LogP contribution is 2.17. The van der Waals surface area contributed by atoms with Crippen LogP contribution in [0.1, 0.15) is 18.8 Å². The summed E-state index contributed by atoms with van der Waals surface area (Å²) in [7, 11) is 1.89. The second kappa shape index (κ2) is 6.80. The minimum atomic E-state index is -0.437. The van der Waals surface area contributed by atoms with Gasteiger partial charge < -0.3 is 14.6 Å². The molecule has 0 aliphatic rings. The van der Waals surface area contributed by atoms with Crippen molar-refractivity contribution in [3.63, 3.8) is 0 Å². The Balaban J connectivity index is 1.74. The molecule has 8 heteroatoms. The molecule has 0 aliphatic heterocycles. The Labute approximate surface area is 121 Å². The van der Waals surface area contributed by atoms with Crippen LogP contribution in [0.15, 0.2) is 30.6 Å². The van der Waals surface area contributed by atoms with Gasteiger partial charge in [-0.3, -0.25) is 10.1 Å². The Kier molecular flexibility index (Phi) is 4.83. The summed E-state index contributed by atoms with van der Waals surface area (Å²) in [6.07, 6.45) is 1.65.